The van der Waals surface area contributed by atoms with Crippen LogP contribution in [0.15, 0.2) is 24.7 Å². The maximum Gasteiger partial charge on any atom is 0.142 e. The van der Waals surface area contributed by atoms with E-state index < -0.39 is 0 Å². The molecule has 0 saturated heterocycles. The highest BCUT2D eigenvalue weighted by Gasteiger charge is 2.11. The van der Waals surface area contributed by atoms with Gasteiger partial charge in [-0.3, -0.25) is 4.98 Å². The van der Waals surface area contributed by atoms with Crippen LogP contribution in [0.25, 0.3) is 11.3 Å². The number of H-pyrrole nitrogens is 1. The molecule has 0 aliphatic heterocycles. The number of rotatable bonds is 5. The van der Waals surface area contributed by atoms with Gasteiger partial charge in [-0.1, -0.05) is 0 Å². The first-order chi connectivity index (χ1) is 8.70. The van der Waals surface area contributed by atoms with Gasteiger partial charge >= 0.3 is 0 Å². The van der Waals surface area contributed by atoms with Gasteiger partial charge in [0, 0.05) is 25.5 Å². The highest BCUT2D eigenvalue weighted by Crippen LogP contribution is 2.19. The van der Waals surface area contributed by atoms with E-state index in [0.717, 1.165) is 6.20 Å². The van der Waals surface area contributed by atoms with Crippen molar-refractivity contribution in [3.8, 4) is 11.3 Å². The summed E-state index contributed by atoms with van der Waals surface area (Å²) in [6.07, 6.45) is 5.02. The lowest BCUT2D eigenvalue weighted by Crippen LogP contribution is -2.14. The maximum atomic E-state index is 13.0. The summed E-state index contributed by atoms with van der Waals surface area (Å²) in [6.45, 7) is 0.568. The summed E-state index contributed by atoms with van der Waals surface area (Å²) in [5.41, 5.74) is 7.28. The first kappa shape index (κ1) is 12.7. The van der Waals surface area contributed by atoms with Crippen LogP contribution in [0.3, 0.4) is 0 Å². The molecule has 0 radical (unpaired) electrons. The number of halogens is 1. The van der Waals surface area contributed by atoms with Crippen LogP contribution in [-0.2, 0) is 4.74 Å². The second kappa shape index (κ2) is 5.70. The second-order valence-corrected chi connectivity index (χ2v) is 3.96. The topological polar surface area (TPSA) is 76.8 Å². The Kier molecular flexibility index (Phi) is 4.01. The van der Waals surface area contributed by atoms with E-state index in [-0.39, 0.29) is 11.9 Å². The molecular weight excluding hydrogens is 235 g/mol. The van der Waals surface area contributed by atoms with Crippen LogP contribution >= 0.6 is 0 Å². The number of aromatic nitrogens is 3. The van der Waals surface area contributed by atoms with E-state index in [1.807, 2.05) is 0 Å². The van der Waals surface area contributed by atoms with E-state index in [1.165, 1.54) is 6.07 Å². The number of pyridine rings is 1. The van der Waals surface area contributed by atoms with E-state index in [1.54, 1.807) is 19.5 Å². The van der Waals surface area contributed by atoms with Crippen molar-refractivity contribution < 1.29 is 9.13 Å². The highest BCUT2D eigenvalue weighted by molar-refractivity contribution is 5.56. The molecule has 0 fully saturated rings. The number of ether oxygens (including phenoxy) is 1. The molecule has 0 bridgehead atoms. The molecule has 0 aromatic carbocycles. The number of hydrogen-bond donors (Lipinski definition) is 2. The largest absolute Gasteiger partial charge is 0.385 e. The third kappa shape index (κ3) is 2.91. The van der Waals surface area contributed by atoms with E-state index >= 15 is 0 Å². The highest BCUT2D eigenvalue weighted by atomic mass is 19.1. The number of nitrogens with zero attached hydrogens (tertiary/aromatic N) is 2. The Labute approximate surface area is 104 Å². The standard InChI is InChI=1S/C12H15FN4O/c1-18-3-2-10(14)12-16-7-11(17-12)8-4-9(13)6-15-5-8/h4-7,10H,2-3,14H2,1H3,(H,16,17). The normalized spacial score (nSPS) is 12.6. The van der Waals surface area contributed by atoms with Gasteiger partial charge in [-0.05, 0) is 12.5 Å². The molecule has 0 aliphatic rings. The molecule has 0 spiro atoms. The summed E-state index contributed by atoms with van der Waals surface area (Å²) in [5.74, 6) is 0.277. The number of imidazole rings is 1. The average molecular weight is 250 g/mol. The van der Waals surface area contributed by atoms with Crippen molar-refractivity contribution in [2.45, 2.75) is 12.5 Å². The van der Waals surface area contributed by atoms with Crippen molar-refractivity contribution in [1.29, 1.82) is 0 Å². The Balaban J connectivity index is 2.15. The number of nitrogens with one attached hydrogen (secondary N) is 1. The zero-order valence-corrected chi connectivity index (χ0v) is 10.1. The van der Waals surface area contributed by atoms with Crippen molar-refractivity contribution in [2.24, 2.45) is 5.73 Å². The van der Waals surface area contributed by atoms with E-state index in [2.05, 4.69) is 15.0 Å². The molecule has 2 heterocycles. The molecule has 2 rings (SSSR count). The summed E-state index contributed by atoms with van der Waals surface area (Å²) in [5, 5.41) is 0. The molecule has 0 amide bonds. The summed E-state index contributed by atoms with van der Waals surface area (Å²) in [4.78, 5) is 11.0. The van der Waals surface area contributed by atoms with Crippen LogP contribution in [0.2, 0.25) is 0 Å². The Morgan fingerprint density at radius 2 is 2.28 bits per heavy atom. The van der Waals surface area contributed by atoms with Crippen LogP contribution in [0, 0.1) is 5.82 Å². The van der Waals surface area contributed by atoms with E-state index in [0.29, 0.717) is 30.1 Å². The van der Waals surface area contributed by atoms with Crippen molar-refractivity contribution in [2.75, 3.05) is 13.7 Å². The molecule has 3 N–H and O–H groups in total. The SMILES string of the molecule is COCCC(N)c1ncc(-c2cncc(F)c2)[nH]1. The lowest BCUT2D eigenvalue weighted by Gasteiger charge is -2.07. The smallest absolute Gasteiger partial charge is 0.142 e. The Hall–Kier alpha value is -1.79. The molecule has 18 heavy (non-hydrogen) atoms. The number of hydrogen-bond acceptors (Lipinski definition) is 4. The van der Waals surface area contributed by atoms with Crippen molar-refractivity contribution >= 4 is 0 Å². The predicted octanol–water partition coefficient (Wildman–Crippen LogP) is 1.65. The first-order valence-corrected chi connectivity index (χ1v) is 5.61. The monoisotopic (exact) mass is 250 g/mol. The zero-order chi connectivity index (χ0) is 13.0. The summed E-state index contributed by atoms with van der Waals surface area (Å²) < 4.78 is 18.0. The van der Waals surface area contributed by atoms with Gasteiger partial charge in [0.1, 0.15) is 11.6 Å². The zero-order valence-electron chi connectivity index (χ0n) is 10.1. The van der Waals surface area contributed by atoms with Gasteiger partial charge in [0.25, 0.3) is 0 Å². The molecule has 6 heteroatoms. The van der Waals surface area contributed by atoms with Crippen molar-refractivity contribution in [3.05, 3.63) is 36.3 Å². The summed E-state index contributed by atoms with van der Waals surface area (Å²) in [6, 6.07) is 1.17. The Bertz CT molecular complexity index is 514. The van der Waals surface area contributed by atoms with Crippen LogP contribution in [-0.4, -0.2) is 28.7 Å². The number of methoxy groups -OCH3 is 1. The molecule has 96 valence electrons. The maximum absolute atomic E-state index is 13.0. The fraction of sp³-hybridized carbons (Fsp3) is 0.333. The molecular formula is C12H15FN4O. The molecule has 1 atom stereocenters. The number of aromatic amines is 1. The van der Waals surface area contributed by atoms with Gasteiger partial charge in [0.2, 0.25) is 0 Å². The predicted molar refractivity (Wildman–Crippen MR) is 65.2 cm³/mol. The fourth-order valence-corrected chi connectivity index (χ4v) is 1.61. The minimum atomic E-state index is -0.382. The average Bonchev–Trinajstić information content (AvgIpc) is 2.85. The van der Waals surface area contributed by atoms with E-state index in [4.69, 9.17) is 10.5 Å². The third-order valence-corrected chi connectivity index (χ3v) is 2.60. The lowest BCUT2D eigenvalue weighted by molar-refractivity contribution is 0.187. The van der Waals surface area contributed by atoms with Crippen LogP contribution in [0.1, 0.15) is 18.3 Å². The minimum Gasteiger partial charge on any atom is -0.385 e. The first-order valence-electron chi connectivity index (χ1n) is 5.61. The summed E-state index contributed by atoms with van der Waals surface area (Å²) in [7, 11) is 1.62. The molecule has 2 aromatic heterocycles. The van der Waals surface area contributed by atoms with Gasteiger partial charge < -0.3 is 15.5 Å². The minimum absolute atomic E-state index is 0.222. The van der Waals surface area contributed by atoms with Crippen molar-refractivity contribution in [1.82, 2.24) is 15.0 Å². The van der Waals surface area contributed by atoms with Gasteiger partial charge in [0.05, 0.1) is 24.1 Å². The van der Waals surface area contributed by atoms with Gasteiger partial charge in [-0.25, -0.2) is 9.37 Å². The number of nitrogens with two attached hydrogens (primary N) is 1. The second-order valence-electron chi connectivity index (χ2n) is 3.96. The van der Waals surface area contributed by atoms with Crippen LogP contribution in [0.4, 0.5) is 4.39 Å². The van der Waals surface area contributed by atoms with Crippen molar-refractivity contribution in [3.63, 3.8) is 0 Å². The summed E-state index contributed by atoms with van der Waals surface area (Å²) >= 11 is 0. The third-order valence-electron chi connectivity index (χ3n) is 2.60. The lowest BCUT2D eigenvalue weighted by atomic mass is 10.2. The van der Waals surface area contributed by atoms with Gasteiger partial charge in [-0.15, -0.1) is 0 Å². The fourth-order valence-electron chi connectivity index (χ4n) is 1.61. The quantitative estimate of drug-likeness (QED) is 0.845. The molecule has 1 unspecified atom stereocenters. The molecule has 2 aromatic rings. The van der Waals surface area contributed by atoms with Gasteiger partial charge in [-0.2, -0.15) is 0 Å². The Morgan fingerprint density at radius 3 is 3.00 bits per heavy atom. The van der Waals surface area contributed by atoms with Crippen LogP contribution < -0.4 is 5.73 Å². The molecule has 0 aliphatic carbocycles. The molecule has 5 nitrogen and oxygen atoms in total. The molecule has 0 saturated carbocycles. The van der Waals surface area contributed by atoms with Gasteiger partial charge in [0.15, 0.2) is 0 Å². The van der Waals surface area contributed by atoms with E-state index in [9.17, 15) is 4.39 Å². The Morgan fingerprint density at radius 1 is 1.44 bits per heavy atom. The van der Waals surface area contributed by atoms with Crippen LogP contribution in [0.5, 0.6) is 0 Å².